The average Bonchev–Trinajstić information content (AvgIpc) is 2.89. The third-order valence-electron chi connectivity index (χ3n) is 8.36. The van der Waals surface area contributed by atoms with Crippen LogP contribution < -0.4 is 4.74 Å². The summed E-state index contributed by atoms with van der Waals surface area (Å²) in [6.45, 7) is 9.96. The average molecular weight is 558 g/mol. The Labute approximate surface area is 241 Å². The monoisotopic (exact) mass is 557 g/mol. The summed E-state index contributed by atoms with van der Waals surface area (Å²) in [4.78, 5) is 41.0. The first kappa shape index (κ1) is 28.8. The van der Waals surface area contributed by atoms with Crippen molar-refractivity contribution in [2.24, 2.45) is 10.8 Å². The molecule has 1 N–H and O–H groups in total. The van der Waals surface area contributed by atoms with Crippen molar-refractivity contribution in [3.63, 3.8) is 0 Å². The third-order valence-corrected chi connectivity index (χ3v) is 8.36. The molecule has 1 aliphatic heterocycles. The van der Waals surface area contributed by atoms with Crippen LogP contribution in [0.1, 0.15) is 80.8 Å². The number of methoxy groups -OCH3 is 1. The lowest BCUT2D eigenvalue weighted by molar-refractivity contribution is -0.119. The Morgan fingerprint density at radius 2 is 1.39 bits per heavy atom. The molecule has 1 heterocycles. The number of ether oxygens (including phenoxy) is 2. The lowest BCUT2D eigenvalue weighted by atomic mass is 9.63. The zero-order valence-electron chi connectivity index (χ0n) is 24.6. The van der Waals surface area contributed by atoms with Gasteiger partial charge in [0, 0.05) is 55.0 Å². The second-order valence-electron chi connectivity index (χ2n) is 13.0. The number of carbonyl (C=O) groups excluding carboxylic acids is 2. The smallest absolute Gasteiger partial charge is 0.335 e. The Balaban J connectivity index is 1.51. The van der Waals surface area contributed by atoms with E-state index in [1.54, 1.807) is 31.4 Å². The fourth-order valence-electron chi connectivity index (χ4n) is 6.50. The number of hydrogen-bond donors (Lipinski definition) is 1. The molecule has 0 aromatic heterocycles. The van der Waals surface area contributed by atoms with E-state index in [-0.39, 0.29) is 28.0 Å². The summed E-state index contributed by atoms with van der Waals surface area (Å²) in [5.74, 6) is -0.488. The molecule has 5 rings (SSSR count). The van der Waals surface area contributed by atoms with Gasteiger partial charge in [0.1, 0.15) is 12.4 Å². The van der Waals surface area contributed by atoms with Crippen molar-refractivity contribution in [1.82, 2.24) is 4.90 Å². The number of carbonyl (C=O) groups is 3. The van der Waals surface area contributed by atoms with Gasteiger partial charge in [0.15, 0.2) is 11.6 Å². The van der Waals surface area contributed by atoms with Crippen LogP contribution in [0.2, 0.25) is 0 Å². The highest BCUT2D eigenvalue weighted by atomic mass is 16.5. The predicted octanol–water partition coefficient (Wildman–Crippen LogP) is 6.30. The normalized spacial score (nSPS) is 20.2. The van der Waals surface area contributed by atoms with Crippen LogP contribution in [0.4, 0.5) is 0 Å². The minimum Gasteiger partial charge on any atom is -0.489 e. The maximum absolute atomic E-state index is 13.8. The van der Waals surface area contributed by atoms with Crippen molar-refractivity contribution < 1.29 is 29.0 Å². The molecular weight excluding hydrogens is 518 g/mol. The molecule has 0 atom stereocenters. The molecule has 0 fully saturated rings. The molecule has 7 nitrogen and oxygen atoms in total. The zero-order valence-corrected chi connectivity index (χ0v) is 24.6. The molecule has 0 spiro atoms. The number of aromatic carboxylic acids is 1. The van der Waals surface area contributed by atoms with E-state index in [9.17, 15) is 14.4 Å². The molecule has 0 radical (unpaired) electrons. The predicted molar refractivity (Wildman–Crippen MR) is 156 cm³/mol. The molecule has 0 amide bonds. The van der Waals surface area contributed by atoms with Crippen molar-refractivity contribution in [1.29, 1.82) is 0 Å². The summed E-state index contributed by atoms with van der Waals surface area (Å²) in [5, 5.41) is 9.11. The van der Waals surface area contributed by atoms with Crippen molar-refractivity contribution in [2.45, 2.75) is 65.9 Å². The Morgan fingerprint density at radius 3 is 1.88 bits per heavy atom. The number of rotatable bonds is 8. The highest BCUT2D eigenvalue weighted by Gasteiger charge is 2.48. The van der Waals surface area contributed by atoms with Crippen molar-refractivity contribution in [2.75, 3.05) is 20.3 Å². The van der Waals surface area contributed by atoms with Gasteiger partial charge in [-0.3, -0.25) is 9.59 Å². The van der Waals surface area contributed by atoms with E-state index in [1.165, 1.54) is 0 Å². The maximum atomic E-state index is 13.8. The fraction of sp³-hybridized carbons (Fsp3) is 0.441. The number of benzene rings is 2. The Bertz CT molecular complexity index is 1370. The van der Waals surface area contributed by atoms with Crippen LogP contribution in [0.5, 0.6) is 5.75 Å². The molecule has 0 saturated heterocycles. The van der Waals surface area contributed by atoms with E-state index in [1.807, 2.05) is 24.3 Å². The largest absolute Gasteiger partial charge is 0.489 e. The first-order valence-electron chi connectivity index (χ1n) is 14.2. The number of allylic oxidation sites excluding steroid dienone is 4. The number of hydrogen-bond acceptors (Lipinski definition) is 6. The SMILES string of the molecule is COCCN1C2=C(C(=O)CC(C)(C)C2)C(c2ccc(OCc3ccc(C(=O)O)cc3)cc2)C2=C1CC(C)(C)CC2=O. The fourth-order valence-corrected chi connectivity index (χ4v) is 6.50. The van der Waals surface area contributed by atoms with Gasteiger partial charge in [-0.2, -0.15) is 0 Å². The van der Waals surface area contributed by atoms with E-state index in [0.717, 1.165) is 46.5 Å². The molecule has 2 aromatic rings. The number of ketones is 2. The summed E-state index contributed by atoms with van der Waals surface area (Å²) >= 11 is 0. The van der Waals surface area contributed by atoms with Gasteiger partial charge in [-0.05, 0) is 59.1 Å². The molecule has 0 unspecified atom stereocenters. The van der Waals surface area contributed by atoms with Gasteiger partial charge in [-0.25, -0.2) is 4.79 Å². The van der Waals surface area contributed by atoms with Gasteiger partial charge >= 0.3 is 5.97 Å². The van der Waals surface area contributed by atoms with Crippen LogP contribution in [-0.4, -0.2) is 47.8 Å². The summed E-state index contributed by atoms with van der Waals surface area (Å²) in [5.41, 5.74) is 5.23. The number of carboxylic acids is 1. The summed E-state index contributed by atoms with van der Waals surface area (Å²) in [7, 11) is 1.68. The van der Waals surface area contributed by atoms with Crippen LogP contribution in [-0.2, 0) is 20.9 Å². The molecule has 7 heteroatoms. The lowest BCUT2D eigenvalue weighted by Crippen LogP contribution is -2.45. The summed E-state index contributed by atoms with van der Waals surface area (Å²) in [6, 6.07) is 14.3. The van der Waals surface area contributed by atoms with Gasteiger partial charge in [0.25, 0.3) is 0 Å². The molecule has 0 saturated carbocycles. The first-order chi connectivity index (χ1) is 19.4. The van der Waals surface area contributed by atoms with Crippen LogP contribution in [0, 0.1) is 10.8 Å². The highest BCUT2D eigenvalue weighted by molar-refractivity contribution is 6.06. The minimum absolute atomic E-state index is 0.109. The van der Waals surface area contributed by atoms with Gasteiger partial charge in [0.05, 0.1) is 12.2 Å². The van der Waals surface area contributed by atoms with Crippen molar-refractivity contribution in [3.8, 4) is 5.75 Å². The number of Topliss-reactive ketones (excluding diaryl/α,β-unsaturated/α-hetero) is 2. The second-order valence-corrected chi connectivity index (χ2v) is 13.0. The van der Waals surface area contributed by atoms with Gasteiger partial charge in [0.2, 0.25) is 0 Å². The molecule has 3 aliphatic rings. The van der Waals surface area contributed by atoms with Crippen LogP contribution in [0.25, 0.3) is 0 Å². The zero-order chi connectivity index (χ0) is 29.5. The standard InChI is InChI=1S/C34H39NO6/c1-33(2)16-25-30(27(36)18-33)29(31-26(35(25)14-15-40-5)17-34(3,4)19-28(31)37)22-10-12-24(13-11-22)41-20-21-6-8-23(9-7-21)32(38)39/h6-13,29H,14-20H2,1-5H3,(H,38,39). The summed E-state index contributed by atoms with van der Waals surface area (Å²) in [6.07, 6.45) is 2.43. The van der Waals surface area contributed by atoms with Crippen LogP contribution >= 0.6 is 0 Å². The van der Waals surface area contributed by atoms with Gasteiger partial charge in [-0.1, -0.05) is 52.0 Å². The number of nitrogens with zero attached hydrogens (tertiary/aromatic N) is 1. The van der Waals surface area contributed by atoms with Crippen LogP contribution in [0.3, 0.4) is 0 Å². The van der Waals surface area contributed by atoms with Crippen LogP contribution in [0.15, 0.2) is 71.1 Å². The maximum Gasteiger partial charge on any atom is 0.335 e. The van der Waals surface area contributed by atoms with E-state index >= 15 is 0 Å². The molecule has 216 valence electrons. The molecule has 0 bridgehead atoms. The second kappa shape index (κ2) is 10.9. The topological polar surface area (TPSA) is 93.1 Å². The Kier molecular flexibility index (Phi) is 7.68. The van der Waals surface area contributed by atoms with Gasteiger partial charge < -0.3 is 19.5 Å². The third kappa shape index (κ3) is 5.87. The van der Waals surface area contributed by atoms with E-state index in [0.29, 0.717) is 38.3 Å². The van der Waals surface area contributed by atoms with E-state index in [2.05, 4.69) is 32.6 Å². The van der Waals surface area contributed by atoms with E-state index < -0.39 is 11.9 Å². The number of carboxylic acid groups (broad SMARTS) is 1. The van der Waals surface area contributed by atoms with Gasteiger partial charge in [-0.15, -0.1) is 0 Å². The van der Waals surface area contributed by atoms with E-state index in [4.69, 9.17) is 14.6 Å². The highest BCUT2D eigenvalue weighted by Crippen LogP contribution is 2.54. The molecule has 2 aliphatic carbocycles. The molecule has 41 heavy (non-hydrogen) atoms. The van der Waals surface area contributed by atoms with Crippen molar-refractivity contribution in [3.05, 3.63) is 87.8 Å². The Hall–Kier alpha value is -3.71. The minimum atomic E-state index is -0.964. The van der Waals surface area contributed by atoms with Crippen molar-refractivity contribution >= 4 is 17.5 Å². The Morgan fingerprint density at radius 1 is 0.854 bits per heavy atom. The first-order valence-corrected chi connectivity index (χ1v) is 14.2. The lowest BCUT2D eigenvalue weighted by Gasteiger charge is -2.49. The quantitative estimate of drug-likeness (QED) is 0.407. The summed E-state index contributed by atoms with van der Waals surface area (Å²) < 4.78 is 11.4. The molecule has 2 aromatic carbocycles. The molecular formula is C34H39NO6.